The third kappa shape index (κ3) is 4.03. The van der Waals surface area contributed by atoms with E-state index < -0.39 is 5.97 Å². The van der Waals surface area contributed by atoms with Gasteiger partial charge < -0.3 is 5.11 Å². The van der Waals surface area contributed by atoms with E-state index in [4.69, 9.17) is 0 Å². The second kappa shape index (κ2) is 7.46. The molecule has 1 aromatic rings. The molecule has 0 spiro atoms. The Morgan fingerprint density at radius 2 is 2.12 bits per heavy atom. The van der Waals surface area contributed by atoms with Crippen LogP contribution in [0, 0.1) is 5.92 Å². The lowest BCUT2D eigenvalue weighted by Crippen LogP contribution is -2.55. The molecule has 132 valence electrons. The van der Waals surface area contributed by atoms with Crippen molar-refractivity contribution in [2.24, 2.45) is 13.0 Å². The van der Waals surface area contributed by atoms with Crippen LogP contribution < -0.4 is 0 Å². The minimum absolute atomic E-state index is 0.320. The molecule has 24 heavy (non-hydrogen) atoms. The fourth-order valence-electron chi connectivity index (χ4n) is 3.84. The molecule has 2 saturated heterocycles. The Morgan fingerprint density at radius 3 is 2.79 bits per heavy atom. The monoisotopic (exact) mass is 333 g/mol. The van der Waals surface area contributed by atoms with Crippen LogP contribution in [0.5, 0.6) is 0 Å². The zero-order valence-corrected chi connectivity index (χ0v) is 14.3. The van der Waals surface area contributed by atoms with Gasteiger partial charge in [0.05, 0.1) is 12.1 Å². The molecular formula is C17H27N5O2. The number of aliphatic carboxylic acids is 1. The minimum Gasteiger partial charge on any atom is -0.481 e. The largest absolute Gasteiger partial charge is 0.481 e. The third-order valence-corrected chi connectivity index (χ3v) is 4.99. The van der Waals surface area contributed by atoms with Crippen LogP contribution >= 0.6 is 0 Å². The summed E-state index contributed by atoms with van der Waals surface area (Å²) in [6, 6.07) is 0.375. The minimum atomic E-state index is -0.692. The van der Waals surface area contributed by atoms with E-state index in [2.05, 4.69) is 32.6 Å². The predicted molar refractivity (Wildman–Crippen MR) is 91.6 cm³/mol. The van der Waals surface area contributed by atoms with Gasteiger partial charge in [0.15, 0.2) is 0 Å². The van der Waals surface area contributed by atoms with Crippen molar-refractivity contribution in [1.82, 2.24) is 24.5 Å². The van der Waals surface area contributed by atoms with Crippen LogP contribution in [-0.4, -0.2) is 87.4 Å². The number of rotatable bonds is 5. The number of nitrogens with zero attached hydrogens (tertiary/aromatic N) is 5. The number of piperazine rings is 1. The molecule has 7 heteroatoms. The summed E-state index contributed by atoms with van der Waals surface area (Å²) in [5.41, 5.74) is 1.23. The number of aryl methyl sites for hydroxylation is 1. The molecule has 3 rings (SSSR count). The average molecular weight is 333 g/mol. The van der Waals surface area contributed by atoms with Gasteiger partial charge in [-0.2, -0.15) is 5.10 Å². The summed E-state index contributed by atoms with van der Waals surface area (Å²) in [5, 5.41) is 13.7. The third-order valence-electron chi connectivity index (χ3n) is 4.99. The van der Waals surface area contributed by atoms with Gasteiger partial charge in [-0.3, -0.25) is 24.2 Å². The van der Waals surface area contributed by atoms with Crippen LogP contribution in [0.3, 0.4) is 0 Å². The molecule has 2 atom stereocenters. The van der Waals surface area contributed by atoms with Crippen LogP contribution in [0.1, 0.15) is 5.56 Å². The first kappa shape index (κ1) is 17.1. The summed E-state index contributed by atoms with van der Waals surface area (Å²) in [7, 11) is 1.94. The molecule has 1 aromatic heterocycles. The lowest BCUT2D eigenvalue weighted by atomic mass is 10.1. The number of aromatic nitrogens is 2. The first-order valence-corrected chi connectivity index (χ1v) is 8.55. The standard InChI is InChI=1S/C17H27N5O2/c1-3-4-20-10-15(17(23)24)11-22-6-5-21(13-16(22)12-20)9-14-7-18-19(2)8-14/h3,7-8,15-16H,1,4-6,9-13H2,2H3,(H,23,24)/t15-,16+/m0/s1. The molecule has 0 bridgehead atoms. The Balaban J connectivity index is 1.66. The van der Waals surface area contributed by atoms with Gasteiger partial charge in [0, 0.05) is 77.2 Å². The zero-order valence-electron chi connectivity index (χ0n) is 14.3. The SMILES string of the molecule is C=CCN1C[C@H](C(=O)O)CN2CCN(Cc3cnn(C)c3)C[C@H]2C1. The fourth-order valence-corrected chi connectivity index (χ4v) is 3.84. The van der Waals surface area contributed by atoms with Crippen molar-refractivity contribution in [3.05, 3.63) is 30.6 Å². The van der Waals surface area contributed by atoms with Crippen molar-refractivity contribution in [2.45, 2.75) is 12.6 Å². The molecule has 1 N–H and O–H groups in total. The van der Waals surface area contributed by atoms with Gasteiger partial charge in [-0.1, -0.05) is 6.08 Å². The summed E-state index contributed by atoms with van der Waals surface area (Å²) in [4.78, 5) is 18.6. The normalized spacial score (nSPS) is 26.7. The van der Waals surface area contributed by atoms with Crippen molar-refractivity contribution < 1.29 is 9.90 Å². The van der Waals surface area contributed by atoms with Crippen LogP contribution in [0.15, 0.2) is 25.0 Å². The Bertz CT molecular complexity index is 587. The van der Waals surface area contributed by atoms with Crippen LogP contribution in [0.25, 0.3) is 0 Å². The van der Waals surface area contributed by atoms with E-state index in [0.29, 0.717) is 19.1 Å². The topological polar surface area (TPSA) is 64.8 Å². The van der Waals surface area contributed by atoms with Gasteiger partial charge in [0.2, 0.25) is 0 Å². The second-order valence-corrected chi connectivity index (χ2v) is 6.95. The Labute approximate surface area is 143 Å². The van der Waals surface area contributed by atoms with Crippen molar-refractivity contribution in [3.63, 3.8) is 0 Å². The summed E-state index contributed by atoms with van der Waals surface area (Å²) in [6.45, 7) is 10.5. The molecule has 2 aliphatic heterocycles. The van der Waals surface area contributed by atoms with Crippen LogP contribution in [-0.2, 0) is 18.4 Å². The van der Waals surface area contributed by atoms with Crippen LogP contribution in [0.2, 0.25) is 0 Å². The first-order chi connectivity index (χ1) is 11.5. The fraction of sp³-hybridized carbons (Fsp3) is 0.647. The number of hydrogen-bond acceptors (Lipinski definition) is 5. The quantitative estimate of drug-likeness (QED) is 0.772. The van der Waals surface area contributed by atoms with Gasteiger partial charge in [-0.25, -0.2) is 0 Å². The van der Waals surface area contributed by atoms with E-state index in [0.717, 1.165) is 39.3 Å². The number of carbonyl (C=O) groups is 1. The van der Waals surface area contributed by atoms with Gasteiger partial charge in [0.25, 0.3) is 0 Å². The maximum absolute atomic E-state index is 11.5. The van der Waals surface area contributed by atoms with E-state index in [1.165, 1.54) is 5.56 Å². The molecule has 0 unspecified atom stereocenters. The molecular weight excluding hydrogens is 306 g/mol. The molecule has 0 aliphatic carbocycles. The van der Waals surface area contributed by atoms with E-state index >= 15 is 0 Å². The van der Waals surface area contributed by atoms with Crippen molar-refractivity contribution in [2.75, 3.05) is 45.8 Å². The summed E-state index contributed by atoms with van der Waals surface area (Å²) in [6.07, 6.45) is 5.85. The van der Waals surface area contributed by atoms with Gasteiger partial charge in [-0.15, -0.1) is 6.58 Å². The zero-order chi connectivity index (χ0) is 17.1. The van der Waals surface area contributed by atoms with Crippen molar-refractivity contribution >= 4 is 5.97 Å². The Hall–Kier alpha value is -1.70. The molecule has 0 radical (unpaired) electrons. The van der Waals surface area contributed by atoms with Crippen molar-refractivity contribution in [1.29, 1.82) is 0 Å². The Morgan fingerprint density at radius 1 is 1.33 bits per heavy atom. The van der Waals surface area contributed by atoms with Gasteiger partial charge >= 0.3 is 5.97 Å². The highest BCUT2D eigenvalue weighted by Crippen LogP contribution is 2.20. The highest BCUT2D eigenvalue weighted by atomic mass is 16.4. The van der Waals surface area contributed by atoms with Gasteiger partial charge in [0.1, 0.15) is 0 Å². The lowest BCUT2D eigenvalue weighted by Gasteiger charge is -2.41. The van der Waals surface area contributed by atoms with E-state index in [9.17, 15) is 9.90 Å². The number of carboxylic acids is 1. The molecule has 2 aliphatic rings. The number of carboxylic acid groups (broad SMARTS) is 1. The summed E-state index contributed by atoms with van der Waals surface area (Å²) < 4.78 is 1.83. The van der Waals surface area contributed by atoms with Gasteiger partial charge in [-0.05, 0) is 0 Å². The molecule has 7 nitrogen and oxygen atoms in total. The summed E-state index contributed by atoms with van der Waals surface area (Å²) >= 11 is 0. The highest BCUT2D eigenvalue weighted by molar-refractivity contribution is 5.70. The molecule has 0 saturated carbocycles. The molecule has 3 heterocycles. The van der Waals surface area contributed by atoms with Crippen LogP contribution in [0.4, 0.5) is 0 Å². The average Bonchev–Trinajstić information content (AvgIpc) is 2.84. The first-order valence-electron chi connectivity index (χ1n) is 8.55. The molecule has 0 amide bonds. The number of fused-ring (bicyclic) bond motifs is 1. The number of hydrogen-bond donors (Lipinski definition) is 1. The lowest BCUT2D eigenvalue weighted by molar-refractivity contribution is -0.142. The van der Waals surface area contributed by atoms with E-state index in [1.807, 2.05) is 24.0 Å². The molecule has 0 aromatic carbocycles. The predicted octanol–water partition coefficient (Wildman–Crippen LogP) is 0.109. The molecule has 2 fully saturated rings. The van der Waals surface area contributed by atoms with E-state index in [1.54, 1.807) is 0 Å². The van der Waals surface area contributed by atoms with Crippen molar-refractivity contribution in [3.8, 4) is 0 Å². The smallest absolute Gasteiger partial charge is 0.309 e. The summed E-state index contributed by atoms with van der Waals surface area (Å²) in [5.74, 6) is -1.01. The maximum atomic E-state index is 11.5. The highest BCUT2D eigenvalue weighted by Gasteiger charge is 2.35. The Kier molecular flexibility index (Phi) is 5.33. The maximum Gasteiger partial charge on any atom is 0.309 e. The van der Waals surface area contributed by atoms with E-state index in [-0.39, 0.29) is 5.92 Å². The second-order valence-electron chi connectivity index (χ2n) is 6.95.